The van der Waals surface area contributed by atoms with Crippen molar-refractivity contribution in [2.24, 2.45) is 45.3 Å². The Morgan fingerprint density at radius 2 is 1.62 bits per heavy atom. The van der Waals surface area contributed by atoms with E-state index >= 15 is 0 Å². The average Bonchev–Trinajstić information content (AvgIpc) is 3.08. The Morgan fingerprint density at radius 1 is 1.00 bits per heavy atom. The van der Waals surface area contributed by atoms with Gasteiger partial charge in [0.1, 0.15) is 17.6 Å². The summed E-state index contributed by atoms with van der Waals surface area (Å²) < 4.78 is 0. The summed E-state index contributed by atoms with van der Waals surface area (Å²) in [6, 6.07) is 0. The van der Waals surface area contributed by atoms with Crippen molar-refractivity contribution in [3.63, 3.8) is 0 Å². The lowest BCUT2D eigenvalue weighted by atomic mass is 9.35. The molecular weight excluding hydrogens is 424 g/mol. The van der Waals surface area contributed by atoms with Crippen LogP contribution in [0.4, 0.5) is 0 Å². The van der Waals surface area contributed by atoms with Crippen LogP contribution in [0.2, 0.25) is 0 Å². The highest BCUT2D eigenvalue weighted by Crippen LogP contribution is 2.75. The van der Waals surface area contributed by atoms with Gasteiger partial charge in [-0.1, -0.05) is 40.2 Å². The monoisotopic (exact) mass is 472 g/mol. The fourth-order valence-corrected chi connectivity index (χ4v) is 9.90. The Kier molecular flexibility index (Phi) is 6.26. The third-order valence-electron chi connectivity index (χ3n) is 11.9. The molecule has 0 unspecified atom stereocenters. The van der Waals surface area contributed by atoms with Crippen LogP contribution in [-0.2, 0) is 4.79 Å². The van der Waals surface area contributed by atoms with E-state index in [1.807, 2.05) is 19.9 Å². The van der Waals surface area contributed by atoms with Crippen molar-refractivity contribution in [1.82, 2.24) is 0 Å². The maximum atomic E-state index is 12.9. The molecule has 0 bridgehead atoms. The second-order valence-electron chi connectivity index (χ2n) is 13.9. The fraction of sp³-hybridized carbons (Fsp3) is 0.833. The number of fused-ring (bicyclic) bond motifs is 5. The van der Waals surface area contributed by atoms with Crippen LogP contribution in [-0.4, -0.2) is 33.3 Å². The molecule has 0 radical (unpaired) electrons. The van der Waals surface area contributed by atoms with Crippen LogP contribution in [0.15, 0.2) is 23.0 Å². The molecule has 0 spiro atoms. The number of hydrogen-bond acceptors (Lipinski definition) is 4. The molecule has 0 aromatic rings. The molecule has 4 saturated carbocycles. The predicted molar refractivity (Wildman–Crippen MR) is 136 cm³/mol. The van der Waals surface area contributed by atoms with Crippen molar-refractivity contribution in [3.8, 4) is 0 Å². The first-order valence-corrected chi connectivity index (χ1v) is 13.6. The largest absolute Gasteiger partial charge is 0.509 e. The maximum absolute atomic E-state index is 12.9. The highest BCUT2D eigenvalue weighted by molar-refractivity contribution is 5.85. The van der Waals surface area contributed by atoms with Crippen molar-refractivity contribution in [3.05, 3.63) is 23.0 Å². The normalized spacial score (nSPS) is 46.8. The van der Waals surface area contributed by atoms with Crippen molar-refractivity contribution in [2.75, 3.05) is 0 Å². The van der Waals surface area contributed by atoms with E-state index in [0.717, 1.165) is 49.7 Å². The highest BCUT2D eigenvalue weighted by Gasteiger charge is 2.70. The quantitative estimate of drug-likeness (QED) is 0.329. The van der Waals surface area contributed by atoms with Crippen LogP contribution >= 0.6 is 0 Å². The molecule has 4 nitrogen and oxygen atoms in total. The number of hydrogen-bond donors (Lipinski definition) is 3. The predicted octanol–water partition coefficient (Wildman–Crippen LogP) is 6.37. The summed E-state index contributed by atoms with van der Waals surface area (Å²) in [7, 11) is 0. The first-order chi connectivity index (χ1) is 15.6. The topological polar surface area (TPSA) is 77.8 Å². The molecule has 0 amide bonds. The van der Waals surface area contributed by atoms with Crippen molar-refractivity contribution in [2.45, 2.75) is 113 Å². The summed E-state index contributed by atoms with van der Waals surface area (Å²) in [4.78, 5) is 12.9. The van der Waals surface area contributed by atoms with Gasteiger partial charge in [0.25, 0.3) is 0 Å². The molecular formula is C30H48O4. The van der Waals surface area contributed by atoms with E-state index in [9.17, 15) is 20.1 Å². The van der Waals surface area contributed by atoms with Gasteiger partial charge in [0.2, 0.25) is 0 Å². The second kappa shape index (κ2) is 8.20. The van der Waals surface area contributed by atoms with Gasteiger partial charge >= 0.3 is 0 Å². The third kappa shape index (κ3) is 3.41. The number of Topliss-reactive ketones (excluding diaryl/α,β-unsaturated/α-hetero) is 1. The van der Waals surface area contributed by atoms with E-state index < -0.39 is 6.10 Å². The van der Waals surface area contributed by atoms with Gasteiger partial charge in [-0.15, -0.1) is 0 Å². The van der Waals surface area contributed by atoms with Gasteiger partial charge in [-0.05, 0) is 111 Å². The zero-order valence-corrected chi connectivity index (χ0v) is 22.7. The Hall–Kier alpha value is -1.13. The molecule has 0 saturated heterocycles. The summed E-state index contributed by atoms with van der Waals surface area (Å²) >= 11 is 0. The summed E-state index contributed by atoms with van der Waals surface area (Å²) in [5.41, 5.74) is 1.66. The van der Waals surface area contributed by atoms with Gasteiger partial charge < -0.3 is 15.3 Å². The van der Waals surface area contributed by atoms with E-state index in [1.54, 1.807) is 0 Å². The zero-order valence-electron chi connectivity index (χ0n) is 22.7. The maximum Gasteiger partial charge on any atom is 0.138 e. The number of ketones is 1. The van der Waals surface area contributed by atoms with Gasteiger partial charge in [0.05, 0.1) is 6.10 Å². The van der Waals surface area contributed by atoms with Crippen LogP contribution in [0.25, 0.3) is 0 Å². The molecule has 0 aromatic carbocycles. The van der Waals surface area contributed by atoms with E-state index in [2.05, 4.69) is 41.5 Å². The molecule has 0 aliphatic heterocycles. The minimum absolute atomic E-state index is 0.0206. The minimum atomic E-state index is -0.968. The summed E-state index contributed by atoms with van der Waals surface area (Å²) in [5.74, 6) is 1.64. The number of allylic oxidation sites excluding steroid dienone is 2. The molecule has 4 rings (SSSR count). The molecule has 34 heavy (non-hydrogen) atoms. The van der Waals surface area contributed by atoms with Gasteiger partial charge in [-0.3, -0.25) is 4.79 Å². The van der Waals surface area contributed by atoms with Crippen LogP contribution in [0.1, 0.15) is 100 Å². The van der Waals surface area contributed by atoms with Crippen LogP contribution < -0.4 is 0 Å². The number of aliphatic hydroxyl groups excluding tert-OH is 3. The summed E-state index contributed by atoms with van der Waals surface area (Å²) in [6.07, 6.45) is 7.12. The van der Waals surface area contributed by atoms with Gasteiger partial charge in [0.15, 0.2) is 0 Å². The molecule has 192 valence electrons. The van der Waals surface area contributed by atoms with Crippen LogP contribution in [0.3, 0.4) is 0 Å². The van der Waals surface area contributed by atoms with Crippen LogP contribution in [0, 0.1) is 45.3 Å². The lowest BCUT2D eigenvalue weighted by Crippen LogP contribution is -2.66. The summed E-state index contributed by atoms with van der Waals surface area (Å²) in [5, 5.41) is 32.6. The Morgan fingerprint density at radius 3 is 2.24 bits per heavy atom. The van der Waals surface area contributed by atoms with Gasteiger partial charge in [-0.2, -0.15) is 0 Å². The van der Waals surface area contributed by atoms with E-state index in [0.29, 0.717) is 30.0 Å². The fourth-order valence-electron chi connectivity index (χ4n) is 9.90. The average molecular weight is 473 g/mol. The Bertz CT molecular complexity index is 911. The van der Waals surface area contributed by atoms with Gasteiger partial charge in [0, 0.05) is 11.8 Å². The highest BCUT2D eigenvalue weighted by atomic mass is 16.3. The molecule has 0 aromatic heterocycles. The number of carbonyl (C=O) groups is 1. The lowest BCUT2D eigenvalue weighted by Gasteiger charge is -2.70. The first-order valence-electron chi connectivity index (χ1n) is 13.6. The van der Waals surface area contributed by atoms with Gasteiger partial charge in [-0.25, -0.2) is 0 Å². The molecule has 3 N–H and O–H groups in total. The zero-order chi connectivity index (χ0) is 25.4. The Labute approximate surface area is 206 Å². The second-order valence-corrected chi connectivity index (χ2v) is 13.9. The van der Waals surface area contributed by atoms with Crippen molar-refractivity contribution < 1.29 is 20.1 Å². The van der Waals surface area contributed by atoms with Crippen molar-refractivity contribution >= 4 is 5.78 Å². The molecule has 9 atom stereocenters. The summed E-state index contributed by atoms with van der Waals surface area (Å²) in [6.45, 7) is 17.3. The molecule has 0 heterocycles. The van der Waals surface area contributed by atoms with Crippen molar-refractivity contribution in [1.29, 1.82) is 0 Å². The molecule has 4 aliphatic carbocycles. The molecule has 4 aliphatic rings. The number of carbonyl (C=O) groups excluding carboxylic acids is 1. The first kappa shape index (κ1) is 25.9. The number of rotatable bonds is 3. The molecule has 4 fully saturated rings. The number of aliphatic hydroxyl groups is 3. The third-order valence-corrected chi connectivity index (χ3v) is 11.9. The lowest BCUT2D eigenvalue weighted by molar-refractivity contribution is -0.236. The van der Waals surface area contributed by atoms with E-state index in [1.165, 1.54) is 0 Å². The minimum Gasteiger partial charge on any atom is -0.509 e. The standard InChI is InChI=1S/C30H48O4/c1-17(2)25(34)21(31)15-18(3)19-9-13-29(7)20(19)16-22(32)26-28(6)12-11-24(33)27(4,5)23(28)10-14-30(26,29)8/h15,19-23,26,31-32,34H,9-14,16H2,1-8H3/b18-15+/t19-,20-,21+,22-,23+,26-,28+,29-,30-/m1/s1. The Balaban J connectivity index is 1.69. The van der Waals surface area contributed by atoms with Crippen LogP contribution in [0.5, 0.6) is 0 Å². The SMILES string of the molecule is CC(C)=C(O)[C@@H](O)/C=C(\C)[C@H]1CC[C@]2(C)[C@@H]1C[C@@H](O)[C@@H]1[C@@]3(C)CCC(=O)C(C)(C)[C@@H]3CC[C@]12C. The molecule has 4 heteroatoms. The van der Waals surface area contributed by atoms with E-state index in [-0.39, 0.29) is 39.4 Å². The smallest absolute Gasteiger partial charge is 0.138 e. The van der Waals surface area contributed by atoms with E-state index in [4.69, 9.17) is 0 Å².